The van der Waals surface area contributed by atoms with Crippen molar-refractivity contribution in [2.75, 3.05) is 11.9 Å². The maximum absolute atomic E-state index is 9.61. The van der Waals surface area contributed by atoms with Crippen molar-refractivity contribution in [3.8, 4) is 11.3 Å². The van der Waals surface area contributed by atoms with Gasteiger partial charge in [-0.25, -0.2) is 9.97 Å². The highest BCUT2D eigenvalue weighted by Gasteiger charge is 2.11. The first kappa shape index (κ1) is 13.8. The molecule has 0 amide bonds. The van der Waals surface area contributed by atoms with Crippen LogP contribution in [0.5, 0.6) is 0 Å². The van der Waals surface area contributed by atoms with Gasteiger partial charge in [0.25, 0.3) is 0 Å². The van der Waals surface area contributed by atoms with Gasteiger partial charge in [-0.3, -0.25) is 0 Å². The number of imidazole rings is 1. The fourth-order valence-electron chi connectivity index (χ4n) is 1.61. The molecular formula is C13H17ClN4O. The summed E-state index contributed by atoms with van der Waals surface area (Å²) in [5.74, 6) is 0.764. The standard InChI is InChI=1S/C13H17ClN4O/c1-13(2,19)5-6-15-10-4-3-9(7-16-10)11-12(14)18-8-17-11/h3-4,7-8,19H,5-6H2,1-2H3,(H,15,16)(H,17,18). The smallest absolute Gasteiger partial charge is 0.134 e. The summed E-state index contributed by atoms with van der Waals surface area (Å²) in [6, 6.07) is 3.77. The minimum absolute atomic E-state index is 0.504. The summed E-state index contributed by atoms with van der Waals surface area (Å²) in [4.78, 5) is 11.2. The fourth-order valence-corrected chi connectivity index (χ4v) is 1.82. The Morgan fingerprint density at radius 2 is 2.16 bits per heavy atom. The van der Waals surface area contributed by atoms with Crippen molar-refractivity contribution in [2.45, 2.75) is 25.9 Å². The highest BCUT2D eigenvalue weighted by molar-refractivity contribution is 6.31. The summed E-state index contributed by atoms with van der Waals surface area (Å²) in [5, 5.41) is 13.3. The van der Waals surface area contributed by atoms with Crippen LogP contribution in [-0.2, 0) is 0 Å². The number of halogens is 1. The second kappa shape index (κ2) is 5.59. The fraction of sp³-hybridized carbons (Fsp3) is 0.385. The zero-order chi connectivity index (χ0) is 13.9. The molecule has 6 heteroatoms. The van der Waals surface area contributed by atoms with Gasteiger partial charge in [-0.15, -0.1) is 0 Å². The number of pyridine rings is 1. The Hall–Kier alpha value is -1.59. The van der Waals surface area contributed by atoms with E-state index in [1.165, 1.54) is 0 Å². The molecule has 19 heavy (non-hydrogen) atoms. The van der Waals surface area contributed by atoms with Gasteiger partial charge in [-0.1, -0.05) is 11.6 Å². The summed E-state index contributed by atoms with van der Waals surface area (Å²) in [6.07, 6.45) is 3.92. The Labute approximate surface area is 117 Å². The van der Waals surface area contributed by atoms with Crippen molar-refractivity contribution >= 4 is 17.4 Å². The molecule has 2 heterocycles. The molecule has 0 aliphatic carbocycles. The minimum Gasteiger partial charge on any atom is -0.390 e. The summed E-state index contributed by atoms with van der Waals surface area (Å²) in [5.41, 5.74) is 0.881. The quantitative estimate of drug-likeness (QED) is 0.787. The second-order valence-electron chi connectivity index (χ2n) is 4.99. The van der Waals surface area contributed by atoms with Crippen molar-refractivity contribution in [2.24, 2.45) is 0 Å². The van der Waals surface area contributed by atoms with E-state index < -0.39 is 5.60 Å². The number of aromatic nitrogens is 3. The molecule has 5 nitrogen and oxygen atoms in total. The Bertz CT molecular complexity index is 530. The first-order chi connectivity index (χ1) is 8.96. The lowest BCUT2D eigenvalue weighted by Crippen LogP contribution is -2.22. The first-order valence-corrected chi connectivity index (χ1v) is 6.45. The zero-order valence-corrected chi connectivity index (χ0v) is 11.7. The molecule has 0 saturated carbocycles. The summed E-state index contributed by atoms with van der Waals surface area (Å²) in [6.45, 7) is 4.23. The maximum Gasteiger partial charge on any atom is 0.134 e. The molecule has 0 fully saturated rings. The second-order valence-corrected chi connectivity index (χ2v) is 5.36. The van der Waals surface area contributed by atoms with Crippen LogP contribution in [0, 0.1) is 0 Å². The average Bonchev–Trinajstić information content (AvgIpc) is 2.75. The average molecular weight is 281 g/mol. The van der Waals surface area contributed by atoms with Gasteiger partial charge >= 0.3 is 0 Å². The molecule has 0 aromatic carbocycles. The lowest BCUT2D eigenvalue weighted by atomic mass is 10.1. The van der Waals surface area contributed by atoms with Crippen LogP contribution >= 0.6 is 11.6 Å². The first-order valence-electron chi connectivity index (χ1n) is 6.07. The highest BCUT2D eigenvalue weighted by atomic mass is 35.5. The molecule has 0 saturated heterocycles. The van der Waals surface area contributed by atoms with Gasteiger partial charge in [0.15, 0.2) is 0 Å². The predicted octanol–water partition coefficient (Wildman–Crippen LogP) is 2.70. The van der Waals surface area contributed by atoms with E-state index in [0.717, 1.165) is 11.4 Å². The number of hydrogen-bond donors (Lipinski definition) is 3. The van der Waals surface area contributed by atoms with Crippen molar-refractivity contribution in [1.29, 1.82) is 0 Å². The lowest BCUT2D eigenvalue weighted by Gasteiger charge is -2.17. The number of hydrogen-bond acceptors (Lipinski definition) is 4. The van der Waals surface area contributed by atoms with Crippen LogP contribution in [0.4, 0.5) is 5.82 Å². The van der Waals surface area contributed by atoms with Crippen LogP contribution in [-0.4, -0.2) is 32.2 Å². The number of nitrogens with one attached hydrogen (secondary N) is 2. The number of nitrogens with zero attached hydrogens (tertiary/aromatic N) is 2. The number of H-pyrrole nitrogens is 1. The summed E-state index contributed by atoms with van der Waals surface area (Å²) >= 11 is 5.96. The molecule has 2 aromatic rings. The molecule has 0 unspecified atom stereocenters. The molecule has 0 atom stereocenters. The predicted molar refractivity (Wildman–Crippen MR) is 76.2 cm³/mol. The van der Waals surface area contributed by atoms with Crippen molar-refractivity contribution in [1.82, 2.24) is 15.0 Å². The van der Waals surface area contributed by atoms with Crippen LogP contribution in [0.25, 0.3) is 11.3 Å². The van der Waals surface area contributed by atoms with E-state index in [1.807, 2.05) is 12.1 Å². The number of rotatable bonds is 5. The summed E-state index contributed by atoms with van der Waals surface area (Å²) in [7, 11) is 0. The molecule has 3 N–H and O–H groups in total. The third-order valence-corrected chi connectivity index (χ3v) is 2.96. The van der Waals surface area contributed by atoms with Gasteiger partial charge in [-0.2, -0.15) is 0 Å². The van der Waals surface area contributed by atoms with Crippen LogP contribution < -0.4 is 5.32 Å². The molecule has 0 aliphatic rings. The Kier molecular flexibility index (Phi) is 4.07. The molecule has 2 aromatic heterocycles. The van der Waals surface area contributed by atoms with Gasteiger partial charge in [0, 0.05) is 18.3 Å². The molecule has 0 aliphatic heterocycles. The number of aliphatic hydroxyl groups is 1. The topological polar surface area (TPSA) is 73.8 Å². The molecule has 0 radical (unpaired) electrons. The highest BCUT2D eigenvalue weighted by Crippen LogP contribution is 2.23. The lowest BCUT2D eigenvalue weighted by molar-refractivity contribution is 0.0748. The minimum atomic E-state index is -0.671. The Balaban J connectivity index is 1.98. The number of anilines is 1. The normalized spacial score (nSPS) is 11.6. The van der Waals surface area contributed by atoms with Crippen LogP contribution in [0.2, 0.25) is 5.15 Å². The largest absolute Gasteiger partial charge is 0.390 e. The van der Waals surface area contributed by atoms with Crippen molar-refractivity contribution in [3.05, 3.63) is 29.8 Å². The van der Waals surface area contributed by atoms with E-state index in [2.05, 4.69) is 20.3 Å². The third kappa shape index (κ3) is 3.94. The van der Waals surface area contributed by atoms with E-state index >= 15 is 0 Å². The van der Waals surface area contributed by atoms with Gasteiger partial charge in [0.2, 0.25) is 0 Å². The molecule has 0 bridgehead atoms. The van der Waals surface area contributed by atoms with Gasteiger partial charge in [0.05, 0.1) is 11.9 Å². The van der Waals surface area contributed by atoms with Crippen molar-refractivity contribution in [3.63, 3.8) is 0 Å². The van der Waals surface area contributed by atoms with Crippen LogP contribution in [0.3, 0.4) is 0 Å². The van der Waals surface area contributed by atoms with Crippen molar-refractivity contribution < 1.29 is 5.11 Å². The van der Waals surface area contributed by atoms with E-state index in [9.17, 15) is 5.11 Å². The molecule has 0 spiro atoms. The van der Waals surface area contributed by atoms with E-state index in [0.29, 0.717) is 23.8 Å². The summed E-state index contributed by atoms with van der Waals surface area (Å²) < 4.78 is 0. The van der Waals surface area contributed by atoms with E-state index in [4.69, 9.17) is 11.6 Å². The SMILES string of the molecule is CC(C)(O)CCNc1ccc(-c2nc[nH]c2Cl)cn1. The Morgan fingerprint density at radius 3 is 2.68 bits per heavy atom. The van der Waals surface area contributed by atoms with Crippen LogP contribution in [0.1, 0.15) is 20.3 Å². The van der Waals surface area contributed by atoms with Gasteiger partial charge in [-0.05, 0) is 32.4 Å². The molecule has 102 valence electrons. The van der Waals surface area contributed by atoms with Gasteiger partial charge in [0.1, 0.15) is 16.7 Å². The molecular weight excluding hydrogens is 264 g/mol. The number of aromatic amines is 1. The molecule has 2 rings (SSSR count). The van der Waals surface area contributed by atoms with E-state index in [-0.39, 0.29) is 0 Å². The Morgan fingerprint density at radius 1 is 1.37 bits per heavy atom. The van der Waals surface area contributed by atoms with Gasteiger partial charge < -0.3 is 15.4 Å². The monoisotopic (exact) mass is 280 g/mol. The van der Waals surface area contributed by atoms with Crippen LogP contribution in [0.15, 0.2) is 24.7 Å². The maximum atomic E-state index is 9.61. The zero-order valence-electron chi connectivity index (χ0n) is 10.9. The third-order valence-electron chi connectivity index (χ3n) is 2.67. The van der Waals surface area contributed by atoms with E-state index in [1.54, 1.807) is 26.4 Å².